The van der Waals surface area contributed by atoms with E-state index in [9.17, 15) is 18.4 Å². The van der Waals surface area contributed by atoms with Gasteiger partial charge in [-0.2, -0.15) is 0 Å². The second kappa shape index (κ2) is 12.3. The number of nitrogens with one attached hydrogen (secondary N) is 1. The Labute approximate surface area is 248 Å². The molecule has 2 fully saturated rings. The van der Waals surface area contributed by atoms with Gasteiger partial charge >= 0.3 is 0 Å². The Hall–Kier alpha value is -3.97. The highest BCUT2D eigenvalue weighted by atomic mass is 19.3. The Morgan fingerprint density at radius 3 is 2.35 bits per heavy atom. The first-order chi connectivity index (χ1) is 20.4. The predicted octanol–water partition coefficient (Wildman–Crippen LogP) is 3.93. The van der Waals surface area contributed by atoms with Crippen LogP contribution >= 0.6 is 0 Å². The number of likely N-dealkylation sites (N-methyl/N-ethyl adjacent to an activating group) is 1. The summed E-state index contributed by atoms with van der Waals surface area (Å²) < 4.78 is 50.1. The molecular weight excluding hydrogens is 563 g/mol. The average Bonchev–Trinajstić information content (AvgIpc) is 2.97. The quantitative estimate of drug-likeness (QED) is 0.456. The first kappa shape index (κ1) is 30.5. The average molecular weight is 600 g/mol. The summed E-state index contributed by atoms with van der Waals surface area (Å²) in [5.74, 6) is -0.883. The molecule has 0 spiro atoms. The highest BCUT2D eigenvalue weighted by Gasteiger charge is 2.30. The minimum absolute atomic E-state index is 0.0846. The molecule has 230 valence electrons. The Bertz CT molecular complexity index is 1540. The highest BCUT2D eigenvalue weighted by molar-refractivity contribution is 6.07. The van der Waals surface area contributed by atoms with Gasteiger partial charge in [-0.05, 0) is 40.0 Å². The van der Waals surface area contributed by atoms with E-state index < -0.39 is 29.3 Å². The number of amides is 1. The predicted molar refractivity (Wildman–Crippen MR) is 159 cm³/mol. The van der Waals surface area contributed by atoms with Crippen LogP contribution in [0.5, 0.6) is 0 Å². The van der Waals surface area contributed by atoms with E-state index >= 15 is 4.39 Å². The van der Waals surface area contributed by atoms with Crippen molar-refractivity contribution in [1.82, 2.24) is 19.4 Å². The molecule has 2 aliphatic rings. The Morgan fingerprint density at radius 1 is 1.05 bits per heavy atom. The van der Waals surface area contributed by atoms with E-state index in [0.717, 1.165) is 16.8 Å². The highest BCUT2D eigenvalue weighted by Crippen LogP contribution is 2.36. The first-order valence-electron chi connectivity index (χ1n) is 14.2. The van der Waals surface area contributed by atoms with Crippen molar-refractivity contribution in [3.05, 3.63) is 64.1 Å². The number of hydrogen-bond acceptors (Lipinski definition) is 8. The molecule has 2 aliphatic heterocycles. The summed E-state index contributed by atoms with van der Waals surface area (Å²) in [7, 11) is 3.40. The summed E-state index contributed by atoms with van der Waals surface area (Å²) in [4.78, 5) is 40.7. The molecule has 13 heteroatoms. The molecule has 3 unspecified atom stereocenters. The summed E-state index contributed by atoms with van der Waals surface area (Å²) in [5.41, 5.74) is -0.485. The number of aryl methyl sites for hydroxylation is 1. The molecular formula is C30H36F3N7O3. The SMILES string of the molecule is CC1COCCN1c1ncc(-c2cc(NC(=O)c3cn(C)c(=O)cc3C(F)F)c(N3CC(C)N(C)C(C)C3)cc2F)cn1. The molecule has 1 N–H and O–H groups in total. The van der Waals surface area contributed by atoms with Gasteiger partial charge in [0, 0.05) is 80.1 Å². The number of piperazine rings is 1. The maximum Gasteiger partial charge on any atom is 0.264 e. The van der Waals surface area contributed by atoms with Crippen molar-refractivity contribution >= 4 is 23.2 Å². The lowest BCUT2D eigenvalue weighted by molar-refractivity contribution is 0.0981. The number of alkyl halides is 2. The van der Waals surface area contributed by atoms with Crippen molar-refractivity contribution in [2.24, 2.45) is 7.05 Å². The van der Waals surface area contributed by atoms with Crippen LogP contribution in [0.15, 0.2) is 41.6 Å². The molecule has 0 aliphatic carbocycles. The van der Waals surface area contributed by atoms with E-state index in [0.29, 0.717) is 50.0 Å². The lowest BCUT2D eigenvalue weighted by Crippen LogP contribution is -2.55. The number of aromatic nitrogens is 3. The van der Waals surface area contributed by atoms with Crippen LogP contribution < -0.4 is 20.7 Å². The summed E-state index contributed by atoms with van der Waals surface area (Å²) in [6.07, 6.45) is 1.09. The molecule has 0 saturated carbocycles. The third-order valence-electron chi connectivity index (χ3n) is 8.35. The number of halogens is 3. The maximum absolute atomic E-state index is 15.8. The Kier molecular flexibility index (Phi) is 8.74. The first-order valence-corrected chi connectivity index (χ1v) is 14.2. The molecule has 2 aromatic heterocycles. The zero-order valence-electron chi connectivity index (χ0n) is 24.9. The lowest BCUT2D eigenvalue weighted by atomic mass is 10.0. The van der Waals surface area contributed by atoms with Crippen LogP contribution in [0, 0.1) is 5.82 Å². The van der Waals surface area contributed by atoms with Gasteiger partial charge in [0.25, 0.3) is 17.9 Å². The van der Waals surface area contributed by atoms with Crippen LogP contribution in [0.25, 0.3) is 11.1 Å². The molecule has 5 rings (SSSR count). The van der Waals surface area contributed by atoms with Gasteiger partial charge in [0.15, 0.2) is 0 Å². The molecule has 3 atom stereocenters. The van der Waals surface area contributed by atoms with Gasteiger partial charge in [-0.1, -0.05) is 0 Å². The van der Waals surface area contributed by atoms with Crippen LogP contribution in [-0.4, -0.2) is 83.4 Å². The van der Waals surface area contributed by atoms with Gasteiger partial charge in [0.1, 0.15) is 5.82 Å². The molecule has 2 saturated heterocycles. The number of benzene rings is 1. The van der Waals surface area contributed by atoms with E-state index in [-0.39, 0.29) is 34.9 Å². The number of carbonyl (C=O) groups is 1. The molecule has 1 aromatic carbocycles. The number of rotatable bonds is 6. The summed E-state index contributed by atoms with van der Waals surface area (Å²) in [5, 5.41) is 2.74. The second-order valence-corrected chi connectivity index (χ2v) is 11.4. The number of morpholine rings is 1. The number of pyridine rings is 1. The van der Waals surface area contributed by atoms with Gasteiger partial charge in [-0.25, -0.2) is 23.1 Å². The molecule has 3 aromatic rings. The fraction of sp³-hybridized carbons (Fsp3) is 0.467. The third-order valence-corrected chi connectivity index (χ3v) is 8.35. The zero-order valence-corrected chi connectivity index (χ0v) is 24.9. The van der Waals surface area contributed by atoms with Gasteiger partial charge < -0.3 is 24.4 Å². The van der Waals surface area contributed by atoms with Crippen LogP contribution in [0.1, 0.15) is 43.1 Å². The van der Waals surface area contributed by atoms with Crippen molar-refractivity contribution in [1.29, 1.82) is 0 Å². The number of hydrogen-bond donors (Lipinski definition) is 1. The Balaban J connectivity index is 1.55. The van der Waals surface area contributed by atoms with Crippen molar-refractivity contribution in [2.75, 3.05) is 55.0 Å². The third kappa shape index (κ3) is 6.23. The van der Waals surface area contributed by atoms with Crippen LogP contribution in [-0.2, 0) is 11.8 Å². The van der Waals surface area contributed by atoms with Gasteiger partial charge in [0.05, 0.1) is 36.2 Å². The van der Waals surface area contributed by atoms with Gasteiger partial charge in [-0.3, -0.25) is 14.5 Å². The normalized spacial score (nSPS) is 21.4. The fourth-order valence-corrected chi connectivity index (χ4v) is 5.58. The largest absolute Gasteiger partial charge is 0.377 e. The minimum Gasteiger partial charge on any atom is -0.377 e. The molecule has 1 amide bonds. The maximum atomic E-state index is 15.8. The van der Waals surface area contributed by atoms with E-state index in [4.69, 9.17) is 4.74 Å². The Morgan fingerprint density at radius 2 is 1.72 bits per heavy atom. The van der Waals surface area contributed by atoms with Crippen molar-refractivity contribution in [2.45, 2.75) is 45.3 Å². The summed E-state index contributed by atoms with van der Waals surface area (Å²) in [6.45, 7) is 8.97. The van der Waals surface area contributed by atoms with Crippen LogP contribution in [0.4, 0.5) is 30.5 Å². The van der Waals surface area contributed by atoms with E-state index in [1.54, 1.807) is 0 Å². The van der Waals surface area contributed by atoms with Gasteiger partial charge in [0.2, 0.25) is 5.95 Å². The van der Waals surface area contributed by atoms with Crippen LogP contribution in [0.3, 0.4) is 0 Å². The molecule has 4 heterocycles. The molecule has 0 radical (unpaired) electrons. The molecule has 10 nitrogen and oxygen atoms in total. The number of nitrogens with zero attached hydrogens (tertiary/aromatic N) is 6. The van der Waals surface area contributed by atoms with E-state index in [1.807, 2.05) is 23.8 Å². The van der Waals surface area contributed by atoms with Gasteiger partial charge in [-0.15, -0.1) is 0 Å². The van der Waals surface area contributed by atoms with Crippen molar-refractivity contribution in [3.8, 4) is 11.1 Å². The van der Waals surface area contributed by atoms with Crippen LogP contribution in [0.2, 0.25) is 0 Å². The number of anilines is 3. The molecule has 43 heavy (non-hydrogen) atoms. The van der Waals surface area contributed by atoms with Crippen molar-refractivity contribution < 1.29 is 22.7 Å². The standard InChI is InChI=1S/C30H36F3N7O3/c1-17-13-39(14-18(2)38(17)5)26-10-24(31)21(20-11-34-30(35-12-20)40-6-7-43-16-19(40)3)8-25(26)36-29(42)23-15-37(4)27(41)9-22(23)28(32)33/h8-12,15,17-19,28H,6-7,13-14,16H2,1-5H3,(H,36,42). The topological polar surface area (TPSA) is 95.8 Å². The monoisotopic (exact) mass is 599 g/mol. The van der Waals surface area contributed by atoms with E-state index in [1.165, 1.54) is 31.6 Å². The number of ether oxygens (including phenoxy) is 1. The smallest absolute Gasteiger partial charge is 0.264 e. The number of carbonyl (C=O) groups excluding carboxylic acids is 1. The summed E-state index contributed by atoms with van der Waals surface area (Å²) in [6, 6.07) is 3.94. The zero-order chi connectivity index (χ0) is 31.0. The van der Waals surface area contributed by atoms with Crippen molar-refractivity contribution in [3.63, 3.8) is 0 Å². The summed E-state index contributed by atoms with van der Waals surface area (Å²) >= 11 is 0. The second-order valence-electron chi connectivity index (χ2n) is 11.4. The van der Waals surface area contributed by atoms with E-state index in [2.05, 4.69) is 34.0 Å². The molecule has 0 bridgehead atoms. The minimum atomic E-state index is -3.04. The lowest BCUT2D eigenvalue weighted by Gasteiger charge is -2.44. The fourth-order valence-electron chi connectivity index (χ4n) is 5.58.